The fourth-order valence-electron chi connectivity index (χ4n) is 2.51. The molecule has 0 spiro atoms. The van der Waals surface area contributed by atoms with Crippen molar-refractivity contribution in [1.29, 1.82) is 0 Å². The van der Waals surface area contributed by atoms with Gasteiger partial charge in [0.05, 0.1) is 7.11 Å². The van der Waals surface area contributed by atoms with E-state index in [1.165, 1.54) is 5.56 Å². The molecule has 0 aliphatic heterocycles. The van der Waals surface area contributed by atoms with E-state index in [1.54, 1.807) is 19.4 Å². The average molecular weight is 362 g/mol. The Morgan fingerprint density at radius 3 is 2.37 bits per heavy atom. The fourth-order valence-corrected chi connectivity index (χ4v) is 2.51. The molecule has 2 N–H and O–H groups in total. The van der Waals surface area contributed by atoms with Crippen LogP contribution in [0.1, 0.15) is 28.5 Å². The molecule has 1 aromatic heterocycles. The summed E-state index contributed by atoms with van der Waals surface area (Å²) >= 11 is 0. The molecule has 0 aliphatic carbocycles. The van der Waals surface area contributed by atoms with Crippen LogP contribution in [0.25, 0.3) is 0 Å². The van der Waals surface area contributed by atoms with Gasteiger partial charge in [0.15, 0.2) is 0 Å². The summed E-state index contributed by atoms with van der Waals surface area (Å²) in [5.41, 5.74) is 3.43. The van der Waals surface area contributed by atoms with Crippen molar-refractivity contribution in [3.8, 4) is 5.75 Å². The summed E-state index contributed by atoms with van der Waals surface area (Å²) < 4.78 is 5.13. The highest BCUT2D eigenvalue weighted by Crippen LogP contribution is 2.15. The van der Waals surface area contributed by atoms with Gasteiger partial charge in [0.1, 0.15) is 11.4 Å². The van der Waals surface area contributed by atoms with Gasteiger partial charge in [0.25, 0.3) is 5.91 Å². The van der Waals surface area contributed by atoms with E-state index in [2.05, 4.69) is 27.5 Å². The van der Waals surface area contributed by atoms with Crippen LogP contribution in [0.3, 0.4) is 0 Å². The Labute approximate surface area is 158 Å². The molecule has 3 rings (SSSR count). The standard InChI is InChI=1S/C21H22N4O2/c1-3-15-4-8-17(9-5-15)24-21-22-13-12-19(25-21)20(26)23-14-16-6-10-18(27-2)11-7-16/h4-13H,3,14H2,1-2H3,(H,23,26)(H,22,24,25). The summed E-state index contributed by atoms with van der Waals surface area (Å²) in [5.74, 6) is 0.914. The Morgan fingerprint density at radius 2 is 1.70 bits per heavy atom. The molecule has 1 amide bonds. The molecule has 0 bridgehead atoms. The maximum atomic E-state index is 12.4. The topological polar surface area (TPSA) is 76.1 Å². The van der Waals surface area contributed by atoms with Gasteiger partial charge in [-0.25, -0.2) is 9.97 Å². The fraction of sp³-hybridized carbons (Fsp3) is 0.190. The third kappa shape index (κ3) is 5.04. The zero-order valence-corrected chi connectivity index (χ0v) is 15.4. The van der Waals surface area contributed by atoms with Gasteiger partial charge in [-0.05, 0) is 47.9 Å². The van der Waals surface area contributed by atoms with Gasteiger partial charge in [-0.3, -0.25) is 4.79 Å². The van der Waals surface area contributed by atoms with E-state index >= 15 is 0 Å². The third-order valence-electron chi connectivity index (χ3n) is 4.12. The summed E-state index contributed by atoms with van der Waals surface area (Å²) in [6, 6.07) is 17.2. The monoisotopic (exact) mass is 362 g/mol. The maximum absolute atomic E-state index is 12.4. The first-order valence-electron chi connectivity index (χ1n) is 8.78. The maximum Gasteiger partial charge on any atom is 0.270 e. The van der Waals surface area contributed by atoms with E-state index in [-0.39, 0.29) is 5.91 Å². The van der Waals surface area contributed by atoms with Crippen molar-refractivity contribution in [2.75, 3.05) is 12.4 Å². The van der Waals surface area contributed by atoms with Crippen LogP contribution in [-0.4, -0.2) is 23.0 Å². The Balaban J connectivity index is 1.62. The van der Waals surface area contributed by atoms with Gasteiger partial charge in [-0.15, -0.1) is 0 Å². The molecule has 0 saturated carbocycles. The molecule has 27 heavy (non-hydrogen) atoms. The molecule has 0 atom stereocenters. The molecule has 138 valence electrons. The van der Waals surface area contributed by atoms with Gasteiger partial charge in [0, 0.05) is 18.4 Å². The first-order valence-corrected chi connectivity index (χ1v) is 8.78. The normalized spacial score (nSPS) is 10.3. The van der Waals surface area contributed by atoms with Gasteiger partial charge in [-0.1, -0.05) is 31.2 Å². The van der Waals surface area contributed by atoms with Crippen molar-refractivity contribution in [1.82, 2.24) is 15.3 Å². The SMILES string of the molecule is CCc1ccc(Nc2nccc(C(=O)NCc3ccc(OC)cc3)n2)cc1. The predicted octanol–water partition coefficient (Wildman–Crippen LogP) is 3.72. The molecule has 0 fully saturated rings. The predicted molar refractivity (Wildman–Crippen MR) is 105 cm³/mol. The van der Waals surface area contributed by atoms with Crippen LogP contribution in [0.4, 0.5) is 11.6 Å². The van der Waals surface area contributed by atoms with Crippen LogP contribution >= 0.6 is 0 Å². The van der Waals surface area contributed by atoms with Crippen molar-refractivity contribution in [3.05, 3.63) is 77.6 Å². The van der Waals surface area contributed by atoms with Gasteiger partial charge >= 0.3 is 0 Å². The van der Waals surface area contributed by atoms with Crippen molar-refractivity contribution < 1.29 is 9.53 Å². The first-order chi connectivity index (χ1) is 13.2. The number of aromatic nitrogens is 2. The number of carbonyl (C=O) groups is 1. The van der Waals surface area contributed by atoms with Gasteiger partial charge in [-0.2, -0.15) is 0 Å². The van der Waals surface area contributed by atoms with E-state index in [0.717, 1.165) is 23.4 Å². The molecule has 0 radical (unpaired) electrons. The number of hydrogen-bond donors (Lipinski definition) is 2. The summed E-state index contributed by atoms with van der Waals surface area (Å²) in [6.45, 7) is 2.52. The number of amides is 1. The lowest BCUT2D eigenvalue weighted by Gasteiger charge is -2.08. The van der Waals surface area contributed by atoms with Crippen molar-refractivity contribution in [2.24, 2.45) is 0 Å². The second-order valence-electron chi connectivity index (χ2n) is 5.97. The van der Waals surface area contributed by atoms with E-state index in [0.29, 0.717) is 18.2 Å². The largest absolute Gasteiger partial charge is 0.497 e. The van der Waals surface area contributed by atoms with Crippen LogP contribution in [0.2, 0.25) is 0 Å². The number of aryl methyl sites for hydroxylation is 1. The molecule has 0 saturated heterocycles. The van der Waals surface area contributed by atoms with Crippen LogP contribution < -0.4 is 15.4 Å². The number of nitrogens with one attached hydrogen (secondary N) is 2. The summed E-state index contributed by atoms with van der Waals surface area (Å²) in [6.07, 6.45) is 2.55. The smallest absolute Gasteiger partial charge is 0.270 e. The number of hydrogen-bond acceptors (Lipinski definition) is 5. The minimum atomic E-state index is -0.252. The quantitative estimate of drug-likeness (QED) is 0.670. The Kier molecular flexibility index (Phi) is 5.99. The second kappa shape index (κ2) is 8.80. The van der Waals surface area contributed by atoms with Crippen LogP contribution in [0.5, 0.6) is 5.75 Å². The van der Waals surface area contributed by atoms with Crippen molar-refractivity contribution in [3.63, 3.8) is 0 Å². The molecule has 2 aromatic carbocycles. The molecule has 3 aromatic rings. The van der Waals surface area contributed by atoms with Gasteiger partial charge < -0.3 is 15.4 Å². The molecular weight excluding hydrogens is 340 g/mol. The summed E-state index contributed by atoms with van der Waals surface area (Å²) in [7, 11) is 1.62. The molecule has 6 nitrogen and oxygen atoms in total. The number of ether oxygens (including phenoxy) is 1. The van der Waals surface area contributed by atoms with Crippen molar-refractivity contribution >= 4 is 17.5 Å². The number of anilines is 2. The Hall–Kier alpha value is -3.41. The number of methoxy groups -OCH3 is 1. The lowest BCUT2D eigenvalue weighted by molar-refractivity contribution is 0.0946. The molecule has 1 heterocycles. The minimum absolute atomic E-state index is 0.252. The Morgan fingerprint density at radius 1 is 1.00 bits per heavy atom. The van der Waals surface area contributed by atoms with E-state index in [9.17, 15) is 4.79 Å². The number of benzene rings is 2. The van der Waals surface area contributed by atoms with E-state index < -0.39 is 0 Å². The van der Waals surface area contributed by atoms with E-state index in [4.69, 9.17) is 4.74 Å². The minimum Gasteiger partial charge on any atom is -0.497 e. The van der Waals surface area contributed by atoms with Gasteiger partial charge in [0.2, 0.25) is 5.95 Å². The Bertz CT molecular complexity index is 893. The van der Waals surface area contributed by atoms with Crippen LogP contribution in [0.15, 0.2) is 60.8 Å². The average Bonchev–Trinajstić information content (AvgIpc) is 2.73. The first kappa shape index (κ1) is 18.4. The summed E-state index contributed by atoms with van der Waals surface area (Å²) in [4.78, 5) is 20.9. The lowest BCUT2D eigenvalue weighted by atomic mass is 10.1. The van der Waals surface area contributed by atoms with Crippen molar-refractivity contribution in [2.45, 2.75) is 19.9 Å². The highest BCUT2D eigenvalue weighted by Gasteiger charge is 2.09. The van der Waals surface area contributed by atoms with Crippen LogP contribution in [-0.2, 0) is 13.0 Å². The van der Waals surface area contributed by atoms with Crippen LogP contribution in [0, 0.1) is 0 Å². The number of carbonyl (C=O) groups excluding carboxylic acids is 1. The zero-order valence-electron chi connectivity index (χ0n) is 15.4. The molecule has 0 unspecified atom stereocenters. The highest BCUT2D eigenvalue weighted by atomic mass is 16.5. The number of rotatable bonds is 7. The third-order valence-corrected chi connectivity index (χ3v) is 4.12. The second-order valence-corrected chi connectivity index (χ2v) is 5.97. The zero-order chi connectivity index (χ0) is 19.1. The lowest BCUT2D eigenvalue weighted by Crippen LogP contribution is -2.24. The highest BCUT2D eigenvalue weighted by molar-refractivity contribution is 5.92. The van der Waals surface area contributed by atoms with E-state index in [1.807, 2.05) is 48.5 Å². The summed E-state index contributed by atoms with van der Waals surface area (Å²) in [5, 5.41) is 5.98. The molecular formula is C21H22N4O2. The molecule has 6 heteroatoms. The molecule has 0 aliphatic rings. The number of nitrogens with zero attached hydrogens (tertiary/aromatic N) is 2.